The zero-order chi connectivity index (χ0) is 11.7. The molecule has 88 valence electrons. The van der Waals surface area contributed by atoms with Crippen LogP contribution in [-0.2, 0) is 4.79 Å². The quantitative estimate of drug-likeness (QED) is 0.832. The van der Waals surface area contributed by atoms with Crippen molar-refractivity contribution < 1.29 is 9.90 Å². The van der Waals surface area contributed by atoms with E-state index in [0.29, 0.717) is 0 Å². The standard InChI is InChI=1S/C11H16N2O2S/c1-13-6-7(5-9(14)15)10(12)11(13)8-3-2-4-16-8/h2-4,7,10-11H,5-6,12H2,1H3,(H,14,15). The van der Waals surface area contributed by atoms with Crippen LogP contribution in [0.3, 0.4) is 0 Å². The summed E-state index contributed by atoms with van der Waals surface area (Å²) in [5.41, 5.74) is 6.15. The molecule has 16 heavy (non-hydrogen) atoms. The van der Waals surface area contributed by atoms with Crippen molar-refractivity contribution in [2.24, 2.45) is 11.7 Å². The minimum atomic E-state index is -0.763. The second-order valence-electron chi connectivity index (χ2n) is 4.34. The number of aliphatic carboxylic acids is 1. The molecule has 1 aromatic rings. The van der Waals surface area contributed by atoms with E-state index in [1.165, 1.54) is 4.88 Å². The number of hydrogen-bond donors (Lipinski definition) is 2. The third kappa shape index (κ3) is 2.11. The summed E-state index contributed by atoms with van der Waals surface area (Å²) in [5, 5.41) is 10.9. The summed E-state index contributed by atoms with van der Waals surface area (Å²) in [7, 11) is 2.01. The first-order chi connectivity index (χ1) is 7.59. The first kappa shape index (κ1) is 11.6. The van der Waals surface area contributed by atoms with Gasteiger partial charge in [-0.2, -0.15) is 0 Å². The summed E-state index contributed by atoms with van der Waals surface area (Å²) < 4.78 is 0. The fourth-order valence-corrected chi connectivity index (χ4v) is 3.40. The zero-order valence-electron chi connectivity index (χ0n) is 9.17. The van der Waals surface area contributed by atoms with E-state index in [9.17, 15) is 4.79 Å². The highest BCUT2D eigenvalue weighted by atomic mass is 32.1. The van der Waals surface area contributed by atoms with Crippen LogP contribution in [0.15, 0.2) is 17.5 Å². The number of thiophene rings is 1. The Labute approximate surface area is 98.7 Å². The summed E-state index contributed by atoms with van der Waals surface area (Å²) in [6, 6.07) is 4.16. The molecular weight excluding hydrogens is 224 g/mol. The van der Waals surface area contributed by atoms with E-state index in [-0.39, 0.29) is 24.4 Å². The molecule has 3 N–H and O–H groups in total. The number of carboxylic acid groups (broad SMARTS) is 1. The average molecular weight is 240 g/mol. The van der Waals surface area contributed by atoms with Gasteiger partial charge in [0.25, 0.3) is 0 Å². The van der Waals surface area contributed by atoms with Crippen LogP contribution < -0.4 is 5.73 Å². The summed E-state index contributed by atoms with van der Waals surface area (Å²) in [6.07, 6.45) is 0.160. The van der Waals surface area contributed by atoms with Crippen LogP contribution in [0.5, 0.6) is 0 Å². The van der Waals surface area contributed by atoms with E-state index in [0.717, 1.165) is 6.54 Å². The SMILES string of the molecule is CN1CC(CC(=O)O)C(N)C1c1cccs1. The molecule has 1 aliphatic rings. The molecule has 1 aliphatic heterocycles. The van der Waals surface area contributed by atoms with Crippen LogP contribution in [-0.4, -0.2) is 35.6 Å². The van der Waals surface area contributed by atoms with Gasteiger partial charge in [0, 0.05) is 17.5 Å². The van der Waals surface area contributed by atoms with Crippen molar-refractivity contribution in [3.05, 3.63) is 22.4 Å². The maximum atomic E-state index is 10.7. The topological polar surface area (TPSA) is 66.6 Å². The fourth-order valence-electron chi connectivity index (χ4n) is 2.45. The number of likely N-dealkylation sites (tertiary alicyclic amines) is 1. The Kier molecular flexibility index (Phi) is 3.28. The van der Waals surface area contributed by atoms with Gasteiger partial charge in [-0.05, 0) is 24.4 Å². The molecule has 0 saturated carbocycles. The van der Waals surface area contributed by atoms with Gasteiger partial charge in [-0.25, -0.2) is 0 Å². The molecule has 0 bridgehead atoms. The predicted molar refractivity (Wildman–Crippen MR) is 63.4 cm³/mol. The molecule has 3 unspecified atom stereocenters. The van der Waals surface area contributed by atoms with E-state index in [1.54, 1.807) is 11.3 Å². The van der Waals surface area contributed by atoms with E-state index in [2.05, 4.69) is 11.0 Å². The molecule has 0 amide bonds. The fraction of sp³-hybridized carbons (Fsp3) is 0.545. The lowest BCUT2D eigenvalue weighted by atomic mass is 9.96. The lowest BCUT2D eigenvalue weighted by Crippen LogP contribution is -2.33. The van der Waals surface area contributed by atoms with Crippen LogP contribution in [0.25, 0.3) is 0 Å². The van der Waals surface area contributed by atoms with Gasteiger partial charge in [-0.1, -0.05) is 6.07 Å². The van der Waals surface area contributed by atoms with Gasteiger partial charge in [0.15, 0.2) is 0 Å². The molecule has 3 atom stereocenters. The number of hydrogen-bond acceptors (Lipinski definition) is 4. The molecule has 1 fully saturated rings. The highest BCUT2D eigenvalue weighted by Crippen LogP contribution is 2.36. The lowest BCUT2D eigenvalue weighted by molar-refractivity contribution is -0.138. The van der Waals surface area contributed by atoms with Crippen molar-refractivity contribution in [1.29, 1.82) is 0 Å². The Hall–Kier alpha value is -0.910. The average Bonchev–Trinajstić information content (AvgIpc) is 2.76. The first-order valence-electron chi connectivity index (χ1n) is 5.30. The van der Waals surface area contributed by atoms with E-state index >= 15 is 0 Å². The minimum absolute atomic E-state index is 0.0506. The number of nitrogens with zero attached hydrogens (tertiary/aromatic N) is 1. The van der Waals surface area contributed by atoms with Gasteiger partial charge in [0.2, 0.25) is 0 Å². The summed E-state index contributed by atoms with van der Waals surface area (Å²) in [6.45, 7) is 0.760. The molecule has 2 heterocycles. The molecular formula is C11H16N2O2S. The van der Waals surface area contributed by atoms with Gasteiger partial charge in [0.05, 0.1) is 12.5 Å². The van der Waals surface area contributed by atoms with Crippen molar-refractivity contribution in [2.75, 3.05) is 13.6 Å². The zero-order valence-corrected chi connectivity index (χ0v) is 9.98. The number of carboxylic acids is 1. The van der Waals surface area contributed by atoms with Crippen LogP contribution in [0.4, 0.5) is 0 Å². The van der Waals surface area contributed by atoms with Crippen LogP contribution in [0.1, 0.15) is 17.3 Å². The van der Waals surface area contributed by atoms with Crippen molar-refractivity contribution in [3.8, 4) is 0 Å². The minimum Gasteiger partial charge on any atom is -0.481 e. The normalized spacial score (nSPS) is 30.8. The number of carbonyl (C=O) groups is 1. The highest BCUT2D eigenvalue weighted by Gasteiger charge is 2.39. The Morgan fingerprint density at radius 3 is 3.06 bits per heavy atom. The summed E-state index contributed by atoms with van der Waals surface area (Å²) >= 11 is 1.68. The molecule has 2 rings (SSSR count). The van der Waals surface area contributed by atoms with Gasteiger partial charge in [-0.15, -0.1) is 11.3 Å². The van der Waals surface area contributed by atoms with Crippen molar-refractivity contribution in [1.82, 2.24) is 4.90 Å². The van der Waals surface area contributed by atoms with Gasteiger partial charge >= 0.3 is 5.97 Å². The largest absolute Gasteiger partial charge is 0.481 e. The number of likely N-dealkylation sites (N-methyl/N-ethyl adjacent to an activating group) is 1. The predicted octanol–water partition coefficient (Wildman–Crippen LogP) is 1.15. The van der Waals surface area contributed by atoms with Crippen LogP contribution >= 0.6 is 11.3 Å². The lowest BCUT2D eigenvalue weighted by Gasteiger charge is -2.21. The van der Waals surface area contributed by atoms with E-state index < -0.39 is 5.97 Å². The van der Waals surface area contributed by atoms with E-state index in [1.807, 2.05) is 18.5 Å². The Bertz CT molecular complexity index is 366. The van der Waals surface area contributed by atoms with Gasteiger partial charge < -0.3 is 10.8 Å². The molecule has 1 saturated heterocycles. The van der Waals surface area contributed by atoms with Crippen molar-refractivity contribution >= 4 is 17.3 Å². The maximum absolute atomic E-state index is 10.7. The molecule has 0 aliphatic carbocycles. The molecule has 1 aromatic heterocycles. The molecule has 0 spiro atoms. The van der Waals surface area contributed by atoms with Gasteiger partial charge in [0.1, 0.15) is 0 Å². The molecule has 4 nitrogen and oxygen atoms in total. The summed E-state index contributed by atoms with van der Waals surface area (Å²) in [4.78, 5) is 14.1. The third-order valence-corrected chi connectivity index (χ3v) is 4.12. The Balaban J connectivity index is 2.13. The molecule has 5 heteroatoms. The second-order valence-corrected chi connectivity index (χ2v) is 5.31. The summed E-state index contributed by atoms with van der Waals surface area (Å²) in [5.74, 6) is -0.713. The molecule has 0 aromatic carbocycles. The monoisotopic (exact) mass is 240 g/mol. The number of nitrogens with two attached hydrogens (primary N) is 1. The smallest absolute Gasteiger partial charge is 0.303 e. The Morgan fingerprint density at radius 2 is 2.50 bits per heavy atom. The number of rotatable bonds is 3. The van der Waals surface area contributed by atoms with Crippen molar-refractivity contribution in [3.63, 3.8) is 0 Å². The van der Waals surface area contributed by atoms with E-state index in [4.69, 9.17) is 10.8 Å². The van der Waals surface area contributed by atoms with Crippen LogP contribution in [0.2, 0.25) is 0 Å². The van der Waals surface area contributed by atoms with Crippen molar-refractivity contribution in [2.45, 2.75) is 18.5 Å². The molecule has 0 radical (unpaired) electrons. The highest BCUT2D eigenvalue weighted by molar-refractivity contribution is 7.10. The van der Waals surface area contributed by atoms with Crippen LogP contribution in [0, 0.1) is 5.92 Å². The second kappa shape index (κ2) is 4.53. The first-order valence-corrected chi connectivity index (χ1v) is 6.18. The Morgan fingerprint density at radius 1 is 1.75 bits per heavy atom. The van der Waals surface area contributed by atoms with Gasteiger partial charge in [-0.3, -0.25) is 9.69 Å². The third-order valence-electron chi connectivity index (χ3n) is 3.18. The maximum Gasteiger partial charge on any atom is 0.303 e.